The number of carbonyl (C=O) groups is 1. The van der Waals surface area contributed by atoms with Gasteiger partial charge in [-0.15, -0.1) is 0 Å². The summed E-state index contributed by atoms with van der Waals surface area (Å²) < 4.78 is 25.2. The van der Waals surface area contributed by atoms with Gasteiger partial charge < -0.3 is 19.5 Å². The Bertz CT molecular complexity index is 779. The van der Waals surface area contributed by atoms with Crippen molar-refractivity contribution in [2.24, 2.45) is 5.92 Å². The highest BCUT2D eigenvalue weighted by Gasteiger charge is 2.65. The number of ether oxygens (including phenoxy) is 2. The van der Waals surface area contributed by atoms with Crippen LogP contribution >= 0.6 is 0 Å². The van der Waals surface area contributed by atoms with Crippen LogP contribution in [0.3, 0.4) is 0 Å². The molecule has 0 saturated carbocycles. The van der Waals surface area contributed by atoms with Gasteiger partial charge in [0.05, 0.1) is 7.11 Å². The Balaban J connectivity index is 1.75. The van der Waals surface area contributed by atoms with Crippen LogP contribution in [-0.4, -0.2) is 48.0 Å². The molecule has 1 unspecified atom stereocenters. The first-order valence-corrected chi connectivity index (χ1v) is 8.27. The summed E-state index contributed by atoms with van der Waals surface area (Å²) in [4.78, 5) is 14.0. The third kappa shape index (κ3) is 1.46. The average Bonchev–Trinajstić information content (AvgIpc) is 2.93. The third-order valence-electron chi connectivity index (χ3n) is 6.25. The topological polar surface area (TPSA) is 59.0 Å². The van der Waals surface area contributed by atoms with Crippen molar-refractivity contribution < 1.29 is 23.8 Å². The number of aliphatic hydroxyl groups is 1. The van der Waals surface area contributed by atoms with E-state index in [1.807, 2.05) is 6.08 Å². The molecule has 24 heavy (non-hydrogen) atoms. The van der Waals surface area contributed by atoms with E-state index < -0.39 is 17.6 Å². The number of likely N-dealkylation sites (tertiary alicyclic amines) is 1. The van der Waals surface area contributed by atoms with Gasteiger partial charge in [-0.3, -0.25) is 0 Å². The van der Waals surface area contributed by atoms with Crippen LogP contribution in [0.25, 0.3) is 0 Å². The van der Waals surface area contributed by atoms with E-state index in [4.69, 9.17) is 9.47 Å². The molecule has 0 aromatic heterocycles. The Hall–Kier alpha value is -2.08. The number of aliphatic hydroxyl groups excluding tert-OH is 1. The summed E-state index contributed by atoms with van der Waals surface area (Å²) >= 11 is 0. The molecule has 2 bridgehead atoms. The van der Waals surface area contributed by atoms with Crippen LogP contribution in [0.1, 0.15) is 17.5 Å². The molecule has 1 N–H and O–H groups in total. The number of nitrogens with zero attached hydrogens (tertiary/aromatic N) is 1. The van der Waals surface area contributed by atoms with Crippen molar-refractivity contribution in [3.8, 4) is 5.75 Å². The highest BCUT2D eigenvalue weighted by Crippen LogP contribution is 2.61. The number of amides is 1. The fourth-order valence-electron chi connectivity index (χ4n) is 5.38. The molecular weight excluding hydrogens is 313 g/mol. The van der Waals surface area contributed by atoms with Gasteiger partial charge in [-0.1, -0.05) is 18.2 Å². The predicted octanol–water partition coefficient (Wildman–Crippen LogP) is 1.77. The smallest absolute Gasteiger partial charge is 0.409 e. The SMILES string of the molecule is COC(=O)N1CC[C@]23c4c5ccc(F)c4O[C@H]2[C@@H](O)C=C[C@H]3C1C5. The summed E-state index contributed by atoms with van der Waals surface area (Å²) in [6, 6.07) is 3.14. The Morgan fingerprint density at radius 2 is 2.29 bits per heavy atom. The molecule has 1 spiro atoms. The van der Waals surface area contributed by atoms with Gasteiger partial charge in [-0.05, 0) is 24.5 Å². The molecule has 1 amide bonds. The van der Waals surface area contributed by atoms with Gasteiger partial charge in [0, 0.05) is 29.5 Å². The van der Waals surface area contributed by atoms with E-state index in [9.17, 15) is 14.3 Å². The van der Waals surface area contributed by atoms with Crippen LogP contribution in [0.4, 0.5) is 9.18 Å². The van der Waals surface area contributed by atoms with E-state index in [1.54, 1.807) is 17.0 Å². The van der Waals surface area contributed by atoms with E-state index >= 15 is 0 Å². The van der Waals surface area contributed by atoms with Gasteiger partial charge in [0.25, 0.3) is 0 Å². The van der Waals surface area contributed by atoms with Crippen LogP contribution in [-0.2, 0) is 16.6 Å². The van der Waals surface area contributed by atoms with Gasteiger partial charge in [0.1, 0.15) is 12.2 Å². The van der Waals surface area contributed by atoms with E-state index in [2.05, 4.69) is 0 Å². The van der Waals surface area contributed by atoms with Crippen molar-refractivity contribution in [3.63, 3.8) is 0 Å². The van der Waals surface area contributed by atoms with Gasteiger partial charge >= 0.3 is 6.09 Å². The Kier molecular flexibility index (Phi) is 2.68. The summed E-state index contributed by atoms with van der Waals surface area (Å²) in [7, 11) is 1.39. The number of piperidine rings is 1. The van der Waals surface area contributed by atoms with Crippen LogP contribution in [0.15, 0.2) is 24.3 Å². The number of halogens is 1. The van der Waals surface area contributed by atoms with Gasteiger partial charge in [0.2, 0.25) is 0 Å². The lowest BCUT2D eigenvalue weighted by molar-refractivity contribution is -0.0473. The minimum absolute atomic E-state index is 0.00528. The van der Waals surface area contributed by atoms with E-state index in [0.717, 1.165) is 11.1 Å². The molecular formula is C18H18FNO4. The van der Waals surface area contributed by atoms with E-state index in [1.165, 1.54) is 13.2 Å². The standard InChI is InChI=1S/C18H18FNO4/c1-23-17(22)20-7-6-18-10-3-5-13(21)16(18)24-15-11(19)4-2-9(14(15)18)8-12(10)20/h2-5,10,12-13,16,21H,6-8H2,1H3/t10-,12?,13-,16-,18-/m0/s1. The lowest BCUT2D eigenvalue weighted by atomic mass is 9.53. The van der Waals surface area contributed by atoms with Gasteiger partial charge in [-0.2, -0.15) is 0 Å². The summed E-state index contributed by atoms with van der Waals surface area (Å²) in [5.74, 6) is -0.0955. The minimum atomic E-state index is -0.774. The normalized spacial score (nSPS) is 37.7. The Morgan fingerprint density at radius 1 is 1.46 bits per heavy atom. The molecule has 4 aliphatic rings. The summed E-state index contributed by atoms with van der Waals surface area (Å²) in [6.45, 7) is 0.518. The molecule has 2 aliphatic heterocycles. The molecule has 1 saturated heterocycles. The summed E-state index contributed by atoms with van der Waals surface area (Å²) in [5.41, 5.74) is 1.45. The van der Waals surface area contributed by atoms with Crippen molar-refractivity contribution in [2.75, 3.05) is 13.7 Å². The predicted molar refractivity (Wildman–Crippen MR) is 82.4 cm³/mol. The molecule has 2 aliphatic carbocycles. The molecule has 5 rings (SSSR count). The second-order valence-electron chi connectivity index (χ2n) is 7.08. The molecule has 0 radical (unpaired) electrons. The maximum Gasteiger partial charge on any atom is 0.409 e. The van der Waals surface area contributed by atoms with Crippen molar-refractivity contribution in [3.05, 3.63) is 41.2 Å². The molecule has 1 fully saturated rings. The van der Waals surface area contributed by atoms with E-state index in [-0.39, 0.29) is 29.6 Å². The van der Waals surface area contributed by atoms with Crippen LogP contribution < -0.4 is 4.74 Å². The molecule has 5 atom stereocenters. The number of hydrogen-bond acceptors (Lipinski definition) is 4. The minimum Gasteiger partial charge on any atom is -0.483 e. The Labute approximate surface area is 138 Å². The van der Waals surface area contributed by atoms with Crippen molar-refractivity contribution in [1.29, 1.82) is 0 Å². The van der Waals surface area contributed by atoms with Crippen LogP contribution in [0.5, 0.6) is 5.75 Å². The average molecular weight is 331 g/mol. The zero-order valence-corrected chi connectivity index (χ0v) is 13.2. The summed E-state index contributed by atoms with van der Waals surface area (Å²) in [6.07, 6.45) is 3.35. The first kappa shape index (κ1) is 14.3. The van der Waals surface area contributed by atoms with Gasteiger partial charge in [-0.25, -0.2) is 9.18 Å². The lowest BCUT2D eigenvalue weighted by Gasteiger charge is -2.56. The third-order valence-corrected chi connectivity index (χ3v) is 6.25. The second-order valence-corrected chi connectivity index (χ2v) is 7.08. The number of carbonyl (C=O) groups excluding carboxylic acids is 1. The van der Waals surface area contributed by atoms with Crippen molar-refractivity contribution in [1.82, 2.24) is 4.90 Å². The number of methoxy groups -OCH3 is 1. The highest BCUT2D eigenvalue weighted by molar-refractivity contribution is 5.69. The molecule has 1 aromatic carbocycles. The second kappa shape index (κ2) is 4.51. The quantitative estimate of drug-likeness (QED) is 0.736. The van der Waals surface area contributed by atoms with Crippen LogP contribution in [0, 0.1) is 11.7 Å². The monoisotopic (exact) mass is 331 g/mol. The summed E-state index contributed by atoms with van der Waals surface area (Å²) in [5, 5.41) is 10.5. The zero-order valence-electron chi connectivity index (χ0n) is 13.2. The molecule has 126 valence electrons. The van der Waals surface area contributed by atoms with Crippen molar-refractivity contribution >= 4 is 6.09 Å². The number of benzene rings is 1. The lowest BCUT2D eigenvalue weighted by Crippen LogP contribution is -2.66. The number of rotatable bonds is 0. The van der Waals surface area contributed by atoms with Crippen molar-refractivity contribution in [2.45, 2.75) is 36.5 Å². The fourth-order valence-corrected chi connectivity index (χ4v) is 5.38. The maximum atomic E-state index is 14.4. The largest absolute Gasteiger partial charge is 0.483 e. The van der Waals surface area contributed by atoms with Crippen LogP contribution in [0.2, 0.25) is 0 Å². The first-order chi connectivity index (χ1) is 11.6. The molecule has 1 aromatic rings. The Morgan fingerprint density at radius 3 is 3.08 bits per heavy atom. The highest BCUT2D eigenvalue weighted by atomic mass is 19.1. The van der Waals surface area contributed by atoms with Gasteiger partial charge in [0.15, 0.2) is 11.6 Å². The number of hydrogen-bond donors (Lipinski definition) is 1. The first-order valence-electron chi connectivity index (χ1n) is 8.27. The zero-order chi connectivity index (χ0) is 16.6. The van der Waals surface area contributed by atoms with E-state index in [0.29, 0.717) is 19.4 Å². The molecule has 2 heterocycles. The maximum absolute atomic E-state index is 14.4. The fraction of sp³-hybridized carbons (Fsp3) is 0.500. The molecule has 6 heteroatoms. The molecule has 5 nitrogen and oxygen atoms in total.